The van der Waals surface area contributed by atoms with E-state index in [1.54, 1.807) is 44.3 Å². The highest BCUT2D eigenvalue weighted by molar-refractivity contribution is 6.04. The Morgan fingerprint density at radius 1 is 1.00 bits per heavy atom. The minimum absolute atomic E-state index is 0.250. The fourth-order valence-electron chi connectivity index (χ4n) is 2.90. The summed E-state index contributed by atoms with van der Waals surface area (Å²) >= 11 is 0. The van der Waals surface area contributed by atoms with Gasteiger partial charge in [-0.2, -0.15) is 5.10 Å². The number of nitrogens with one attached hydrogen (secondary N) is 1. The van der Waals surface area contributed by atoms with Gasteiger partial charge in [-0.1, -0.05) is 24.3 Å². The van der Waals surface area contributed by atoms with E-state index in [0.717, 1.165) is 23.3 Å². The average Bonchev–Trinajstić information content (AvgIpc) is 3.20. The second-order valence-corrected chi connectivity index (χ2v) is 6.92. The molecule has 1 aromatic heterocycles. The van der Waals surface area contributed by atoms with E-state index in [1.165, 1.54) is 0 Å². The number of benzene rings is 2. The van der Waals surface area contributed by atoms with E-state index in [9.17, 15) is 4.79 Å². The summed E-state index contributed by atoms with van der Waals surface area (Å²) in [7, 11) is 5.09. The lowest BCUT2D eigenvalue weighted by molar-refractivity contribution is 0.102. The number of carbonyl (C=O) groups is 1. The largest absolute Gasteiger partial charge is 0.497 e. The molecule has 162 valence electrons. The number of hydrogen-bond donors (Lipinski definition) is 1. The zero-order chi connectivity index (χ0) is 22.1. The molecule has 0 unspecified atom stereocenters. The average molecular weight is 421 g/mol. The topological polar surface area (TPSA) is 74.6 Å². The van der Waals surface area contributed by atoms with E-state index >= 15 is 0 Å². The van der Waals surface area contributed by atoms with Crippen molar-refractivity contribution in [2.24, 2.45) is 7.05 Å². The maximum atomic E-state index is 12.8. The number of ether oxygens (including phenoxy) is 3. The van der Waals surface area contributed by atoms with Crippen molar-refractivity contribution in [3.8, 4) is 11.5 Å². The number of methoxy groups -OCH3 is 2. The molecule has 0 aliphatic carbocycles. The van der Waals surface area contributed by atoms with E-state index in [4.69, 9.17) is 14.2 Å². The summed E-state index contributed by atoms with van der Waals surface area (Å²) in [5.41, 5.74) is 2.36. The highest BCUT2D eigenvalue weighted by Gasteiger charge is 2.11. The van der Waals surface area contributed by atoms with Crippen LogP contribution in [0.2, 0.25) is 0 Å². The molecule has 1 amide bonds. The van der Waals surface area contributed by atoms with Gasteiger partial charge >= 0.3 is 0 Å². The molecule has 31 heavy (non-hydrogen) atoms. The molecule has 0 aliphatic heterocycles. The van der Waals surface area contributed by atoms with Crippen LogP contribution in [0.15, 0.2) is 54.7 Å². The number of aryl methyl sites for hydroxylation is 1. The molecular formula is C24H27N3O4. The minimum Gasteiger partial charge on any atom is -0.497 e. The number of rotatable bonds is 10. The zero-order valence-electron chi connectivity index (χ0n) is 18.0. The van der Waals surface area contributed by atoms with Gasteiger partial charge in [0.15, 0.2) is 5.82 Å². The molecule has 1 N–H and O–H groups in total. The van der Waals surface area contributed by atoms with Gasteiger partial charge in [0.05, 0.1) is 13.7 Å². The van der Waals surface area contributed by atoms with Crippen LogP contribution in [0.5, 0.6) is 11.5 Å². The normalized spacial score (nSPS) is 10.9. The molecule has 0 aliphatic rings. The van der Waals surface area contributed by atoms with Crippen LogP contribution >= 0.6 is 0 Å². The molecular weight excluding hydrogens is 394 g/mol. The lowest BCUT2D eigenvalue weighted by Crippen LogP contribution is -2.13. The molecule has 3 rings (SSSR count). The Kier molecular flexibility index (Phi) is 7.84. The number of aromatic nitrogens is 2. The van der Waals surface area contributed by atoms with E-state index in [-0.39, 0.29) is 5.91 Å². The molecule has 0 atom stereocenters. The Morgan fingerprint density at radius 2 is 1.77 bits per heavy atom. The first-order valence-corrected chi connectivity index (χ1v) is 9.97. The molecule has 2 aromatic carbocycles. The van der Waals surface area contributed by atoms with Crippen LogP contribution in [0.4, 0.5) is 5.82 Å². The van der Waals surface area contributed by atoms with E-state index in [2.05, 4.69) is 10.4 Å². The Balaban J connectivity index is 1.80. The smallest absolute Gasteiger partial charge is 0.257 e. The Morgan fingerprint density at radius 3 is 2.45 bits per heavy atom. The van der Waals surface area contributed by atoms with Gasteiger partial charge in [0.25, 0.3) is 5.91 Å². The Labute approximate surface area is 182 Å². The maximum absolute atomic E-state index is 12.8. The second-order valence-electron chi connectivity index (χ2n) is 6.92. The molecule has 0 saturated heterocycles. The number of amides is 1. The van der Waals surface area contributed by atoms with Crippen LogP contribution in [0.3, 0.4) is 0 Å². The van der Waals surface area contributed by atoms with Crippen molar-refractivity contribution < 1.29 is 19.0 Å². The molecule has 7 heteroatoms. The molecule has 0 bridgehead atoms. The van der Waals surface area contributed by atoms with Gasteiger partial charge in [0.1, 0.15) is 11.5 Å². The summed E-state index contributed by atoms with van der Waals surface area (Å²) < 4.78 is 17.7. The predicted molar refractivity (Wildman–Crippen MR) is 122 cm³/mol. The lowest BCUT2D eigenvalue weighted by atomic mass is 10.1. The summed E-state index contributed by atoms with van der Waals surface area (Å²) in [6.07, 6.45) is 6.46. The third kappa shape index (κ3) is 6.72. The van der Waals surface area contributed by atoms with E-state index < -0.39 is 0 Å². The van der Waals surface area contributed by atoms with Crippen LogP contribution in [-0.4, -0.2) is 43.1 Å². The monoisotopic (exact) mass is 421 g/mol. The van der Waals surface area contributed by atoms with Crippen molar-refractivity contribution in [2.75, 3.05) is 32.8 Å². The highest BCUT2D eigenvalue weighted by atomic mass is 16.5. The van der Waals surface area contributed by atoms with Gasteiger partial charge in [-0.05, 0) is 41.5 Å². The molecule has 0 spiro atoms. The third-order valence-electron chi connectivity index (χ3n) is 4.49. The van der Waals surface area contributed by atoms with Crippen LogP contribution in [-0.2, 0) is 11.8 Å². The Bertz CT molecular complexity index is 1030. The first kappa shape index (κ1) is 22.1. The van der Waals surface area contributed by atoms with Gasteiger partial charge in [0, 0.05) is 45.0 Å². The first-order chi connectivity index (χ1) is 15.1. The molecule has 1 heterocycles. The number of hydrogen-bond acceptors (Lipinski definition) is 5. The van der Waals surface area contributed by atoms with Crippen LogP contribution < -0.4 is 14.8 Å². The molecule has 0 radical (unpaired) electrons. The van der Waals surface area contributed by atoms with Crippen LogP contribution in [0.25, 0.3) is 12.2 Å². The fraction of sp³-hybridized carbons (Fsp3) is 0.250. The summed E-state index contributed by atoms with van der Waals surface area (Å²) in [6, 6.07) is 14.9. The lowest BCUT2D eigenvalue weighted by Gasteiger charge is -2.10. The van der Waals surface area contributed by atoms with Gasteiger partial charge in [-0.25, -0.2) is 0 Å². The summed E-state index contributed by atoms with van der Waals surface area (Å²) in [5, 5.41) is 7.01. The van der Waals surface area contributed by atoms with Crippen molar-refractivity contribution in [1.82, 2.24) is 9.78 Å². The molecule has 7 nitrogen and oxygen atoms in total. The standard InChI is InChI=1S/C24H27N3O4/c1-27-12-11-23(26-27)25-24(28)20-15-19(16-22(17-20)31-14-4-13-29-2)6-5-18-7-9-21(30-3)10-8-18/h5-12,15-17H,4,13-14H2,1-3H3,(H,25,26,28)/b6-5+. The minimum atomic E-state index is -0.250. The summed E-state index contributed by atoms with van der Waals surface area (Å²) in [6.45, 7) is 1.12. The van der Waals surface area contributed by atoms with Gasteiger partial charge in [-0.3, -0.25) is 9.48 Å². The number of anilines is 1. The highest BCUT2D eigenvalue weighted by Crippen LogP contribution is 2.21. The number of carbonyl (C=O) groups excluding carboxylic acids is 1. The van der Waals surface area contributed by atoms with Gasteiger partial charge < -0.3 is 19.5 Å². The van der Waals surface area contributed by atoms with Crippen LogP contribution in [0, 0.1) is 0 Å². The number of nitrogens with zero attached hydrogens (tertiary/aromatic N) is 2. The molecule has 3 aromatic rings. The maximum Gasteiger partial charge on any atom is 0.257 e. The van der Waals surface area contributed by atoms with Crippen molar-refractivity contribution in [3.63, 3.8) is 0 Å². The van der Waals surface area contributed by atoms with Gasteiger partial charge in [0.2, 0.25) is 0 Å². The van der Waals surface area contributed by atoms with Crippen molar-refractivity contribution in [2.45, 2.75) is 6.42 Å². The zero-order valence-corrected chi connectivity index (χ0v) is 18.0. The fourth-order valence-corrected chi connectivity index (χ4v) is 2.90. The van der Waals surface area contributed by atoms with E-state index in [0.29, 0.717) is 30.3 Å². The van der Waals surface area contributed by atoms with E-state index in [1.807, 2.05) is 48.6 Å². The van der Waals surface area contributed by atoms with Gasteiger partial charge in [-0.15, -0.1) is 0 Å². The predicted octanol–water partition coefficient (Wildman–Crippen LogP) is 4.27. The van der Waals surface area contributed by atoms with Crippen LogP contribution in [0.1, 0.15) is 27.9 Å². The Hall–Kier alpha value is -3.58. The molecule has 0 fully saturated rings. The summed E-state index contributed by atoms with van der Waals surface area (Å²) in [4.78, 5) is 12.8. The third-order valence-corrected chi connectivity index (χ3v) is 4.49. The first-order valence-electron chi connectivity index (χ1n) is 9.97. The SMILES string of the molecule is COCCCOc1cc(/C=C/c2ccc(OC)cc2)cc(C(=O)Nc2ccn(C)n2)c1. The van der Waals surface area contributed by atoms with Crippen molar-refractivity contribution in [1.29, 1.82) is 0 Å². The quantitative estimate of drug-likeness (QED) is 0.391. The second kappa shape index (κ2) is 11.0. The summed E-state index contributed by atoms with van der Waals surface area (Å²) in [5.74, 6) is 1.67. The van der Waals surface area contributed by atoms with Crippen molar-refractivity contribution in [3.05, 3.63) is 71.4 Å². The van der Waals surface area contributed by atoms with Crippen molar-refractivity contribution >= 4 is 23.9 Å². The molecule has 0 saturated carbocycles.